The van der Waals surface area contributed by atoms with E-state index < -0.39 is 11.7 Å². The molecule has 0 spiro atoms. The van der Waals surface area contributed by atoms with Gasteiger partial charge >= 0.3 is 6.18 Å². The second kappa shape index (κ2) is 9.75. The molecule has 1 N–H and O–H groups in total. The zero-order valence-electron chi connectivity index (χ0n) is 18.0. The molecule has 4 aromatic rings. The van der Waals surface area contributed by atoms with E-state index in [0.717, 1.165) is 27.4 Å². The Labute approximate surface area is 194 Å². The van der Waals surface area contributed by atoms with E-state index in [9.17, 15) is 18.0 Å². The number of amides is 1. The van der Waals surface area contributed by atoms with Gasteiger partial charge in [-0.05, 0) is 36.2 Å². The van der Waals surface area contributed by atoms with E-state index in [-0.39, 0.29) is 5.91 Å². The molecule has 1 heterocycles. The predicted molar refractivity (Wildman–Crippen MR) is 126 cm³/mol. The minimum absolute atomic E-state index is 0.108. The number of rotatable bonds is 7. The average Bonchev–Trinajstić information content (AvgIpc) is 3.15. The summed E-state index contributed by atoms with van der Waals surface area (Å²) in [6, 6.07) is 20.8. The first-order chi connectivity index (χ1) is 15.8. The van der Waals surface area contributed by atoms with Gasteiger partial charge in [0.2, 0.25) is 0 Å². The highest BCUT2D eigenvalue weighted by molar-refractivity contribution is 7.98. The first-order valence-electron chi connectivity index (χ1n) is 10.5. The number of hydrogen-bond acceptors (Lipinski definition) is 2. The molecule has 0 radical (unpaired) electrons. The molecule has 0 saturated carbocycles. The standard InChI is InChI=1S/C26H23F3N2OS/c1-18-7-2-3-10-21(18)25(32)30-13-14-31-16-24(22-11-4-5-12-23(22)31)33-17-19-8-6-9-20(15-19)26(27,28)29/h2-12,15-16H,13-14,17H2,1H3,(H,30,32). The second-order valence-corrected chi connectivity index (χ2v) is 8.78. The Morgan fingerprint density at radius 1 is 1.00 bits per heavy atom. The van der Waals surface area contributed by atoms with E-state index in [1.807, 2.05) is 55.6 Å². The summed E-state index contributed by atoms with van der Waals surface area (Å²) in [6.45, 7) is 2.95. The van der Waals surface area contributed by atoms with Crippen molar-refractivity contribution >= 4 is 28.6 Å². The second-order valence-electron chi connectivity index (χ2n) is 7.76. The maximum absolute atomic E-state index is 13.0. The smallest absolute Gasteiger partial charge is 0.350 e. The quantitative estimate of drug-likeness (QED) is 0.307. The van der Waals surface area contributed by atoms with Crippen molar-refractivity contribution in [1.82, 2.24) is 9.88 Å². The Morgan fingerprint density at radius 3 is 2.55 bits per heavy atom. The van der Waals surface area contributed by atoms with E-state index in [0.29, 0.717) is 30.0 Å². The van der Waals surface area contributed by atoms with Crippen LogP contribution in [0.25, 0.3) is 10.9 Å². The fourth-order valence-corrected chi connectivity index (χ4v) is 4.76. The number of aryl methyl sites for hydroxylation is 1. The monoisotopic (exact) mass is 468 g/mol. The van der Waals surface area contributed by atoms with Gasteiger partial charge in [0.15, 0.2) is 0 Å². The Bertz CT molecular complexity index is 1280. The van der Waals surface area contributed by atoms with Crippen molar-refractivity contribution in [3.05, 3.63) is 101 Å². The number of nitrogens with one attached hydrogen (secondary N) is 1. The molecule has 0 aliphatic heterocycles. The maximum atomic E-state index is 13.0. The summed E-state index contributed by atoms with van der Waals surface area (Å²) in [6.07, 6.45) is -2.34. The minimum atomic E-state index is -4.35. The van der Waals surface area contributed by atoms with Gasteiger partial charge in [-0.15, -0.1) is 11.8 Å². The highest BCUT2D eigenvalue weighted by Crippen LogP contribution is 2.34. The molecular weight excluding hydrogens is 445 g/mol. The van der Waals surface area contributed by atoms with Crippen LogP contribution in [-0.4, -0.2) is 17.0 Å². The molecule has 170 valence electrons. The Hall–Kier alpha value is -3.19. The number of para-hydroxylation sites is 1. The fourth-order valence-electron chi connectivity index (χ4n) is 3.72. The lowest BCUT2D eigenvalue weighted by molar-refractivity contribution is -0.137. The number of benzene rings is 3. The number of aromatic nitrogens is 1. The van der Waals surface area contributed by atoms with Crippen LogP contribution in [0.1, 0.15) is 27.0 Å². The summed E-state index contributed by atoms with van der Waals surface area (Å²) < 4.78 is 41.1. The highest BCUT2D eigenvalue weighted by atomic mass is 32.2. The molecule has 4 rings (SSSR count). The summed E-state index contributed by atoms with van der Waals surface area (Å²) in [5.74, 6) is 0.325. The molecule has 33 heavy (non-hydrogen) atoms. The number of thioether (sulfide) groups is 1. The third-order valence-electron chi connectivity index (χ3n) is 5.43. The summed E-state index contributed by atoms with van der Waals surface area (Å²) in [4.78, 5) is 13.5. The Balaban J connectivity index is 1.46. The van der Waals surface area contributed by atoms with Crippen LogP contribution in [0.15, 0.2) is 83.9 Å². The number of fused-ring (bicyclic) bond motifs is 1. The molecule has 3 aromatic carbocycles. The van der Waals surface area contributed by atoms with Crippen LogP contribution >= 0.6 is 11.8 Å². The first kappa shape index (κ1) is 23.0. The van der Waals surface area contributed by atoms with E-state index in [1.54, 1.807) is 12.1 Å². The van der Waals surface area contributed by atoms with Crippen LogP contribution < -0.4 is 5.32 Å². The largest absolute Gasteiger partial charge is 0.416 e. The van der Waals surface area contributed by atoms with Gasteiger partial charge in [0.25, 0.3) is 5.91 Å². The van der Waals surface area contributed by atoms with Gasteiger partial charge in [-0.2, -0.15) is 13.2 Å². The molecule has 7 heteroatoms. The number of carbonyl (C=O) groups is 1. The van der Waals surface area contributed by atoms with Crippen LogP contribution in [-0.2, 0) is 18.5 Å². The number of hydrogen-bond donors (Lipinski definition) is 1. The van der Waals surface area contributed by atoms with E-state index in [4.69, 9.17) is 0 Å². The van der Waals surface area contributed by atoms with Crippen molar-refractivity contribution < 1.29 is 18.0 Å². The van der Waals surface area contributed by atoms with Gasteiger partial charge < -0.3 is 9.88 Å². The summed E-state index contributed by atoms with van der Waals surface area (Å²) in [5, 5.41) is 4.01. The number of alkyl halides is 3. The molecular formula is C26H23F3N2OS. The number of nitrogens with zero attached hydrogens (tertiary/aromatic N) is 1. The maximum Gasteiger partial charge on any atom is 0.416 e. The van der Waals surface area contributed by atoms with Crippen LogP contribution in [0.5, 0.6) is 0 Å². The Kier molecular flexibility index (Phi) is 6.79. The molecule has 0 atom stereocenters. The zero-order valence-corrected chi connectivity index (χ0v) is 18.8. The van der Waals surface area contributed by atoms with Gasteiger partial charge in [-0.1, -0.05) is 54.6 Å². The topological polar surface area (TPSA) is 34.0 Å². The van der Waals surface area contributed by atoms with Crippen LogP contribution in [0.3, 0.4) is 0 Å². The molecule has 0 aliphatic carbocycles. The molecule has 1 aromatic heterocycles. The van der Waals surface area contributed by atoms with Crippen molar-refractivity contribution in [2.45, 2.75) is 30.3 Å². The van der Waals surface area contributed by atoms with Gasteiger partial charge in [0, 0.05) is 46.4 Å². The SMILES string of the molecule is Cc1ccccc1C(=O)NCCn1cc(SCc2cccc(C(F)(F)F)c2)c2ccccc21. The van der Waals surface area contributed by atoms with E-state index in [2.05, 4.69) is 9.88 Å². The Morgan fingerprint density at radius 2 is 1.76 bits per heavy atom. The molecule has 0 unspecified atom stereocenters. The number of halogens is 3. The van der Waals surface area contributed by atoms with Gasteiger partial charge in [0.1, 0.15) is 0 Å². The van der Waals surface area contributed by atoms with Crippen molar-refractivity contribution in [3.8, 4) is 0 Å². The van der Waals surface area contributed by atoms with Crippen LogP contribution in [0.2, 0.25) is 0 Å². The van der Waals surface area contributed by atoms with Crippen molar-refractivity contribution in [1.29, 1.82) is 0 Å². The normalized spacial score (nSPS) is 11.6. The van der Waals surface area contributed by atoms with Gasteiger partial charge in [0.05, 0.1) is 5.56 Å². The molecule has 3 nitrogen and oxygen atoms in total. The third-order valence-corrected chi connectivity index (χ3v) is 6.54. The molecule has 0 bridgehead atoms. The average molecular weight is 469 g/mol. The lowest BCUT2D eigenvalue weighted by Gasteiger charge is -2.09. The predicted octanol–water partition coefficient (Wildman–Crippen LogP) is 6.69. The lowest BCUT2D eigenvalue weighted by atomic mass is 10.1. The highest BCUT2D eigenvalue weighted by Gasteiger charge is 2.30. The van der Waals surface area contributed by atoms with Crippen molar-refractivity contribution in [2.24, 2.45) is 0 Å². The summed E-state index contributed by atoms with van der Waals surface area (Å²) in [5.41, 5.74) is 2.60. The third kappa shape index (κ3) is 5.42. The van der Waals surface area contributed by atoms with Crippen LogP contribution in [0, 0.1) is 6.92 Å². The van der Waals surface area contributed by atoms with Crippen molar-refractivity contribution in [3.63, 3.8) is 0 Å². The lowest BCUT2D eigenvalue weighted by Crippen LogP contribution is -2.27. The number of carbonyl (C=O) groups excluding carboxylic acids is 1. The molecule has 0 fully saturated rings. The van der Waals surface area contributed by atoms with E-state index in [1.165, 1.54) is 23.9 Å². The molecule has 1 amide bonds. The summed E-state index contributed by atoms with van der Waals surface area (Å²) >= 11 is 1.51. The molecule has 0 aliphatic rings. The van der Waals surface area contributed by atoms with Crippen molar-refractivity contribution in [2.75, 3.05) is 6.54 Å². The molecule has 0 saturated heterocycles. The van der Waals surface area contributed by atoms with Gasteiger partial charge in [-0.25, -0.2) is 0 Å². The zero-order chi connectivity index (χ0) is 23.4. The fraction of sp³-hybridized carbons (Fsp3) is 0.192. The minimum Gasteiger partial charge on any atom is -0.350 e. The van der Waals surface area contributed by atoms with Gasteiger partial charge in [-0.3, -0.25) is 4.79 Å². The van der Waals surface area contributed by atoms with E-state index >= 15 is 0 Å². The summed E-state index contributed by atoms with van der Waals surface area (Å²) in [7, 11) is 0. The first-order valence-corrected chi connectivity index (χ1v) is 11.5. The van der Waals surface area contributed by atoms with Crippen LogP contribution in [0.4, 0.5) is 13.2 Å².